The largest absolute Gasteiger partial charge is 0.371 e. The Balaban J connectivity index is 1.33. The van der Waals surface area contributed by atoms with E-state index >= 15 is 0 Å². The van der Waals surface area contributed by atoms with Crippen molar-refractivity contribution in [3.63, 3.8) is 0 Å². The van der Waals surface area contributed by atoms with Crippen LogP contribution in [0.15, 0.2) is 54.6 Å². The number of urea groups is 1. The maximum Gasteiger partial charge on any atom is 0.319 e. The van der Waals surface area contributed by atoms with Gasteiger partial charge in [-0.2, -0.15) is 0 Å². The molecule has 2 aromatic rings. The Bertz CT molecular complexity index is 903. The first-order valence-corrected chi connectivity index (χ1v) is 11.7. The number of nitro groups is 1. The van der Waals surface area contributed by atoms with Crippen LogP contribution in [-0.4, -0.2) is 30.1 Å². The van der Waals surface area contributed by atoms with E-state index in [-0.39, 0.29) is 22.7 Å². The molecule has 0 unspecified atom stereocenters. The van der Waals surface area contributed by atoms with E-state index in [2.05, 4.69) is 15.5 Å². The number of hydrogen-bond donors (Lipinski definition) is 2. The molecule has 0 bridgehead atoms. The van der Waals surface area contributed by atoms with Crippen molar-refractivity contribution in [2.45, 2.75) is 51.0 Å². The highest BCUT2D eigenvalue weighted by Crippen LogP contribution is 2.34. The van der Waals surface area contributed by atoms with E-state index in [1.165, 1.54) is 12.8 Å². The molecule has 1 saturated carbocycles. The molecule has 7 heteroatoms. The summed E-state index contributed by atoms with van der Waals surface area (Å²) in [5, 5.41) is 17.1. The average Bonchev–Trinajstić information content (AvgIpc) is 2.81. The first kappa shape index (κ1) is 22.1. The predicted molar refractivity (Wildman–Crippen MR) is 127 cm³/mol. The molecule has 1 saturated heterocycles. The first-order chi connectivity index (χ1) is 15.6. The van der Waals surface area contributed by atoms with Crippen LogP contribution < -0.4 is 15.5 Å². The maximum atomic E-state index is 12.6. The minimum absolute atomic E-state index is 0.121. The number of piperidine rings is 1. The Morgan fingerprint density at radius 2 is 1.75 bits per heavy atom. The van der Waals surface area contributed by atoms with Gasteiger partial charge >= 0.3 is 6.03 Å². The van der Waals surface area contributed by atoms with Gasteiger partial charge < -0.3 is 15.5 Å². The number of carbonyl (C=O) groups excluding carboxylic acids is 1. The van der Waals surface area contributed by atoms with Crippen LogP contribution in [-0.2, 0) is 0 Å². The van der Waals surface area contributed by atoms with Gasteiger partial charge in [0.15, 0.2) is 0 Å². The monoisotopic (exact) mass is 436 g/mol. The number of carbonyl (C=O) groups is 1. The highest BCUT2D eigenvalue weighted by Gasteiger charge is 2.31. The van der Waals surface area contributed by atoms with E-state index in [0.717, 1.165) is 56.6 Å². The van der Waals surface area contributed by atoms with Crippen molar-refractivity contribution in [2.75, 3.05) is 23.3 Å². The topological polar surface area (TPSA) is 87.5 Å². The normalized spacial score (nSPS) is 23.4. The SMILES string of the molecule is O=C(Nc1ccccc1)N[C@@H]1CCCC[C@H]1C[C@H]1CCCN(c2ccc([N+](=O)[O-])cc2)C1. The van der Waals surface area contributed by atoms with Crippen LogP contribution >= 0.6 is 0 Å². The lowest BCUT2D eigenvalue weighted by Gasteiger charge is -2.39. The fraction of sp³-hybridized carbons (Fsp3) is 0.480. The lowest BCUT2D eigenvalue weighted by atomic mass is 9.77. The van der Waals surface area contributed by atoms with Crippen molar-refractivity contribution >= 4 is 23.1 Å². The number of para-hydroxylation sites is 1. The Kier molecular flexibility index (Phi) is 7.24. The Hall–Kier alpha value is -3.09. The van der Waals surface area contributed by atoms with Crippen molar-refractivity contribution < 1.29 is 9.72 Å². The van der Waals surface area contributed by atoms with Gasteiger partial charge in [0.2, 0.25) is 0 Å². The molecule has 32 heavy (non-hydrogen) atoms. The maximum absolute atomic E-state index is 12.6. The number of anilines is 2. The molecule has 7 nitrogen and oxygen atoms in total. The van der Waals surface area contributed by atoms with Gasteiger partial charge in [0, 0.05) is 42.6 Å². The van der Waals surface area contributed by atoms with Gasteiger partial charge in [-0.05, 0) is 68.2 Å². The molecule has 2 amide bonds. The number of hydrogen-bond acceptors (Lipinski definition) is 4. The molecule has 2 N–H and O–H groups in total. The summed E-state index contributed by atoms with van der Waals surface area (Å²) in [6, 6.07) is 16.5. The van der Waals surface area contributed by atoms with Gasteiger partial charge in [-0.15, -0.1) is 0 Å². The molecule has 2 aromatic carbocycles. The summed E-state index contributed by atoms with van der Waals surface area (Å²) in [5.74, 6) is 1.07. The van der Waals surface area contributed by atoms with Crippen LogP contribution in [0.25, 0.3) is 0 Å². The summed E-state index contributed by atoms with van der Waals surface area (Å²) in [5.41, 5.74) is 2.00. The van der Waals surface area contributed by atoms with Gasteiger partial charge in [0.1, 0.15) is 0 Å². The smallest absolute Gasteiger partial charge is 0.319 e. The second kappa shape index (κ2) is 10.5. The summed E-state index contributed by atoms with van der Waals surface area (Å²) < 4.78 is 0. The summed E-state index contributed by atoms with van der Waals surface area (Å²) in [6.07, 6.45) is 8.01. The molecule has 2 fully saturated rings. The zero-order valence-electron chi connectivity index (χ0n) is 18.4. The lowest BCUT2D eigenvalue weighted by molar-refractivity contribution is -0.384. The molecule has 0 spiro atoms. The van der Waals surface area contributed by atoms with Gasteiger partial charge in [-0.3, -0.25) is 10.1 Å². The molecule has 1 aliphatic heterocycles. The number of non-ortho nitro benzene ring substituents is 1. The van der Waals surface area contributed by atoms with E-state index in [1.807, 2.05) is 42.5 Å². The van der Waals surface area contributed by atoms with Crippen LogP contribution in [0, 0.1) is 22.0 Å². The predicted octanol–water partition coefficient (Wildman–Crippen LogP) is 5.58. The standard InChI is InChI=1S/C25H32N4O3/c30-25(26-21-9-2-1-3-10-21)27-24-11-5-4-8-20(24)17-19-7-6-16-28(18-19)22-12-14-23(15-13-22)29(31)32/h1-3,9-10,12-15,19-20,24H,4-8,11,16-18H2,(H2,26,27,30)/t19-,20+,24-/m1/s1. The zero-order valence-corrected chi connectivity index (χ0v) is 18.4. The highest BCUT2D eigenvalue weighted by atomic mass is 16.6. The van der Waals surface area contributed by atoms with Crippen molar-refractivity contribution in [2.24, 2.45) is 11.8 Å². The van der Waals surface area contributed by atoms with Crippen LogP contribution in [0.2, 0.25) is 0 Å². The molecular formula is C25H32N4O3. The number of rotatable bonds is 6. The molecular weight excluding hydrogens is 404 g/mol. The van der Waals surface area contributed by atoms with E-state index in [1.54, 1.807) is 12.1 Å². The zero-order chi connectivity index (χ0) is 22.3. The third kappa shape index (κ3) is 5.78. The minimum atomic E-state index is -0.354. The van der Waals surface area contributed by atoms with E-state index < -0.39 is 0 Å². The molecule has 170 valence electrons. The Labute approximate surface area is 189 Å². The molecule has 0 radical (unpaired) electrons. The van der Waals surface area contributed by atoms with Crippen molar-refractivity contribution in [3.05, 3.63) is 64.7 Å². The van der Waals surface area contributed by atoms with Crippen LogP contribution in [0.1, 0.15) is 44.9 Å². The summed E-state index contributed by atoms with van der Waals surface area (Å²) >= 11 is 0. The second-order valence-electron chi connectivity index (χ2n) is 9.08. The van der Waals surface area contributed by atoms with E-state index in [9.17, 15) is 14.9 Å². The molecule has 1 heterocycles. The van der Waals surface area contributed by atoms with E-state index in [4.69, 9.17) is 0 Å². The number of nitrogens with zero attached hydrogens (tertiary/aromatic N) is 2. The molecule has 2 aliphatic rings. The number of benzene rings is 2. The summed E-state index contributed by atoms with van der Waals surface area (Å²) in [7, 11) is 0. The van der Waals surface area contributed by atoms with Gasteiger partial charge in [0.05, 0.1) is 4.92 Å². The molecule has 0 aromatic heterocycles. The highest BCUT2D eigenvalue weighted by molar-refractivity contribution is 5.89. The Morgan fingerprint density at radius 3 is 2.50 bits per heavy atom. The summed E-state index contributed by atoms with van der Waals surface area (Å²) in [4.78, 5) is 25.5. The number of amides is 2. The molecule has 4 rings (SSSR count). The molecule has 1 aliphatic carbocycles. The van der Waals surface area contributed by atoms with Crippen LogP contribution in [0.4, 0.5) is 21.9 Å². The fourth-order valence-electron chi connectivity index (χ4n) is 5.24. The fourth-order valence-corrected chi connectivity index (χ4v) is 5.24. The van der Waals surface area contributed by atoms with Crippen molar-refractivity contribution in [3.8, 4) is 0 Å². The van der Waals surface area contributed by atoms with Crippen molar-refractivity contribution in [1.29, 1.82) is 0 Å². The van der Waals surface area contributed by atoms with Gasteiger partial charge in [0.25, 0.3) is 5.69 Å². The lowest BCUT2D eigenvalue weighted by Crippen LogP contribution is -2.45. The Morgan fingerprint density at radius 1 is 1.00 bits per heavy atom. The van der Waals surface area contributed by atoms with Gasteiger partial charge in [-0.1, -0.05) is 31.0 Å². The first-order valence-electron chi connectivity index (χ1n) is 11.7. The van der Waals surface area contributed by atoms with Crippen molar-refractivity contribution in [1.82, 2.24) is 5.32 Å². The van der Waals surface area contributed by atoms with E-state index in [0.29, 0.717) is 11.8 Å². The average molecular weight is 437 g/mol. The van der Waals surface area contributed by atoms with Gasteiger partial charge in [-0.25, -0.2) is 4.79 Å². The third-order valence-electron chi connectivity index (χ3n) is 6.84. The molecule has 3 atom stereocenters. The van der Waals surface area contributed by atoms with Crippen LogP contribution in [0.5, 0.6) is 0 Å². The summed E-state index contributed by atoms with van der Waals surface area (Å²) in [6.45, 7) is 1.96. The number of nitro benzene ring substituents is 1. The van der Waals surface area contributed by atoms with Crippen LogP contribution in [0.3, 0.4) is 0 Å². The second-order valence-corrected chi connectivity index (χ2v) is 9.08. The quantitative estimate of drug-likeness (QED) is 0.457. The minimum Gasteiger partial charge on any atom is -0.371 e. The third-order valence-corrected chi connectivity index (χ3v) is 6.84. The number of nitrogens with one attached hydrogen (secondary N) is 2.